The number of aryl methyl sites for hydroxylation is 1. The fourth-order valence-corrected chi connectivity index (χ4v) is 6.72. The highest BCUT2D eigenvalue weighted by atomic mass is 32.2. The highest BCUT2D eigenvalue weighted by Crippen LogP contribution is 2.27. The average molecular weight is 644 g/mol. The first-order valence-corrected chi connectivity index (χ1v) is 17.5. The molecule has 45 heavy (non-hydrogen) atoms. The highest BCUT2D eigenvalue weighted by molar-refractivity contribution is 7.98. The fraction of sp³-hybridized carbons (Fsp3) is 0.278. The predicted octanol–water partition coefficient (Wildman–Crippen LogP) is 6.47. The zero-order valence-corrected chi connectivity index (χ0v) is 28.1. The molecule has 236 valence electrons. The zero-order chi connectivity index (χ0) is 32.6. The summed E-state index contributed by atoms with van der Waals surface area (Å²) >= 11 is 1.51. The van der Waals surface area contributed by atoms with Gasteiger partial charge in [-0.05, 0) is 81.5 Å². The molecule has 0 aliphatic heterocycles. The van der Waals surface area contributed by atoms with Gasteiger partial charge in [0.15, 0.2) is 0 Å². The number of hydrogen-bond acceptors (Lipinski definition) is 5. The first kappa shape index (κ1) is 33.8. The molecule has 4 aromatic carbocycles. The monoisotopic (exact) mass is 643 g/mol. The predicted molar refractivity (Wildman–Crippen MR) is 183 cm³/mol. The smallest absolute Gasteiger partial charge is 0.264 e. The van der Waals surface area contributed by atoms with Crippen LogP contribution in [0.1, 0.15) is 37.5 Å². The van der Waals surface area contributed by atoms with Crippen LogP contribution < -0.4 is 9.62 Å². The second-order valence-corrected chi connectivity index (χ2v) is 14.7. The maximum Gasteiger partial charge on any atom is 0.264 e. The third-order valence-corrected chi connectivity index (χ3v) is 9.74. The molecule has 0 aliphatic carbocycles. The minimum absolute atomic E-state index is 0.0783. The molecule has 9 heteroatoms. The molecule has 0 heterocycles. The summed E-state index contributed by atoms with van der Waals surface area (Å²) in [7, 11) is -4.15. The maximum atomic E-state index is 14.5. The van der Waals surface area contributed by atoms with Gasteiger partial charge in [0.2, 0.25) is 11.8 Å². The normalized spacial score (nSPS) is 12.3. The largest absolute Gasteiger partial charge is 0.350 e. The summed E-state index contributed by atoms with van der Waals surface area (Å²) in [6.07, 6.45) is 2.18. The summed E-state index contributed by atoms with van der Waals surface area (Å²) < 4.78 is 29.5. The first-order chi connectivity index (χ1) is 21.4. The van der Waals surface area contributed by atoms with E-state index in [1.54, 1.807) is 36.4 Å². The number of thioether (sulfide) groups is 1. The van der Waals surface area contributed by atoms with E-state index in [-0.39, 0.29) is 23.8 Å². The molecule has 0 bridgehead atoms. The van der Waals surface area contributed by atoms with E-state index in [4.69, 9.17) is 0 Å². The van der Waals surface area contributed by atoms with Crippen molar-refractivity contribution in [2.24, 2.45) is 0 Å². The first-order valence-electron chi connectivity index (χ1n) is 14.8. The van der Waals surface area contributed by atoms with E-state index in [1.165, 1.54) is 16.7 Å². The Balaban J connectivity index is 1.80. The topological polar surface area (TPSA) is 86.8 Å². The summed E-state index contributed by atoms with van der Waals surface area (Å²) in [4.78, 5) is 31.0. The fourth-order valence-electron chi connectivity index (χ4n) is 4.90. The van der Waals surface area contributed by atoms with Crippen LogP contribution in [0.25, 0.3) is 0 Å². The number of sulfonamides is 1. The summed E-state index contributed by atoms with van der Waals surface area (Å²) in [5.41, 5.74) is 2.48. The van der Waals surface area contributed by atoms with E-state index >= 15 is 0 Å². The molecule has 0 saturated carbocycles. The van der Waals surface area contributed by atoms with Crippen molar-refractivity contribution >= 4 is 39.3 Å². The minimum atomic E-state index is -4.15. The van der Waals surface area contributed by atoms with E-state index in [9.17, 15) is 18.0 Å². The summed E-state index contributed by atoms with van der Waals surface area (Å²) in [5.74, 6) is -0.804. The van der Waals surface area contributed by atoms with Gasteiger partial charge < -0.3 is 10.2 Å². The minimum Gasteiger partial charge on any atom is -0.350 e. The van der Waals surface area contributed by atoms with Gasteiger partial charge in [-0.1, -0.05) is 78.4 Å². The number of nitrogens with zero attached hydrogens (tertiary/aromatic N) is 2. The van der Waals surface area contributed by atoms with Crippen LogP contribution in [-0.4, -0.2) is 49.5 Å². The van der Waals surface area contributed by atoms with Crippen molar-refractivity contribution in [1.29, 1.82) is 0 Å². The lowest BCUT2D eigenvalue weighted by atomic mass is 10.0. The second kappa shape index (κ2) is 14.8. The maximum absolute atomic E-state index is 14.5. The van der Waals surface area contributed by atoms with Crippen molar-refractivity contribution in [3.05, 3.63) is 126 Å². The van der Waals surface area contributed by atoms with Gasteiger partial charge in [-0.2, -0.15) is 0 Å². The number of hydrogen-bond donors (Lipinski definition) is 1. The SMILES string of the molecule is CSc1ccc(S(=O)(=O)N(CC(=O)N(Cc2ccccc2)[C@H](Cc2ccccc2)C(=O)NC(C)(C)C)c2ccc(C)cc2)cc1. The lowest BCUT2D eigenvalue weighted by molar-refractivity contribution is -0.140. The molecule has 4 aromatic rings. The Hall–Kier alpha value is -4.08. The zero-order valence-electron chi connectivity index (χ0n) is 26.4. The van der Waals surface area contributed by atoms with Crippen molar-refractivity contribution in [3.8, 4) is 0 Å². The van der Waals surface area contributed by atoms with Gasteiger partial charge in [-0.3, -0.25) is 13.9 Å². The number of carbonyl (C=O) groups is 2. The van der Waals surface area contributed by atoms with Gasteiger partial charge in [0.25, 0.3) is 10.0 Å². The third-order valence-electron chi connectivity index (χ3n) is 7.21. The summed E-state index contributed by atoms with van der Waals surface area (Å²) in [6, 6.07) is 31.7. The molecule has 0 unspecified atom stereocenters. The molecule has 0 aliphatic rings. The number of amides is 2. The van der Waals surface area contributed by atoms with E-state index in [1.807, 2.05) is 107 Å². The van der Waals surface area contributed by atoms with Gasteiger partial charge in [-0.25, -0.2) is 8.42 Å². The van der Waals surface area contributed by atoms with Gasteiger partial charge in [0.1, 0.15) is 12.6 Å². The quantitative estimate of drug-likeness (QED) is 0.179. The highest BCUT2D eigenvalue weighted by Gasteiger charge is 2.35. The number of carbonyl (C=O) groups excluding carboxylic acids is 2. The van der Waals surface area contributed by atoms with Gasteiger partial charge in [0.05, 0.1) is 10.6 Å². The molecule has 0 spiro atoms. The second-order valence-electron chi connectivity index (χ2n) is 12.0. The van der Waals surface area contributed by atoms with E-state index in [2.05, 4.69) is 5.32 Å². The summed E-state index contributed by atoms with van der Waals surface area (Å²) in [6.45, 7) is 7.22. The molecule has 4 rings (SSSR count). The van der Waals surface area contributed by atoms with Crippen molar-refractivity contribution in [2.75, 3.05) is 17.1 Å². The Morgan fingerprint density at radius 1 is 0.800 bits per heavy atom. The van der Waals surface area contributed by atoms with Crippen molar-refractivity contribution < 1.29 is 18.0 Å². The van der Waals surface area contributed by atoms with Crippen LogP contribution >= 0.6 is 11.8 Å². The van der Waals surface area contributed by atoms with Crippen LogP contribution in [-0.2, 0) is 32.6 Å². The number of nitrogens with one attached hydrogen (secondary N) is 1. The Labute approximate surface area is 271 Å². The molecule has 0 radical (unpaired) electrons. The van der Waals surface area contributed by atoms with Gasteiger partial charge in [0, 0.05) is 23.4 Å². The molecule has 2 amide bonds. The van der Waals surface area contributed by atoms with Crippen molar-refractivity contribution in [2.45, 2.75) is 62.0 Å². The molecular formula is C36H41N3O4S2. The Kier molecular flexibility index (Phi) is 11.1. The van der Waals surface area contributed by atoms with E-state index in [0.29, 0.717) is 5.69 Å². The van der Waals surface area contributed by atoms with Crippen LogP contribution in [0.2, 0.25) is 0 Å². The Morgan fingerprint density at radius 3 is 1.89 bits per heavy atom. The number of anilines is 1. The molecule has 1 N–H and O–H groups in total. The number of benzene rings is 4. The standard InChI is InChI=1S/C36H41N3O4S2/c1-27-16-18-30(19-17-27)39(45(42,43)32-22-20-31(44-5)21-23-32)26-34(40)38(25-29-14-10-7-11-15-29)33(35(41)37-36(2,3)4)24-28-12-8-6-9-13-28/h6-23,33H,24-26H2,1-5H3,(H,37,41)/t33-/m1/s1. The van der Waals surface area contributed by atoms with Gasteiger partial charge in [-0.15, -0.1) is 11.8 Å². The van der Waals surface area contributed by atoms with Crippen LogP contribution in [0.15, 0.2) is 119 Å². The lowest BCUT2D eigenvalue weighted by Crippen LogP contribution is -2.56. The molecule has 0 fully saturated rings. The molecule has 1 atom stereocenters. The molecule has 0 aromatic heterocycles. The average Bonchev–Trinajstić information content (AvgIpc) is 3.02. The summed E-state index contributed by atoms with van der Waals surface area (Å²) in [5, 5.41) is 3.05. The van der Waals surface area contributed by atoms with Gasteiger partial charge >= 0.3 is 0 Å². The van der Waals surface area contributed by atoms with Crippen LogP contribution in [0.4, 0.5) is 5.69 Å². The Morgan fingerprint density at radius 2 is 1.36 bits per heavy atom. The lowest BCUT2D eigenvalue weighted by Gasteiger charge is -2.35. The third kappa shape index (κ3) is 9.22. The molecule has 0 saturated heterocycles. The van der Waals surface area contributed by atoms with Crippen LogP contribution in [0.3, 0.4) is 0 Å². The van der Waals surface area contributed by atoms with E-state index in [0.717, 1.165) is 25.9 Å². The Bertz CT molecular complexity index is 1670. The molecule has 7 nitrogen and oxygen atoms in total. The molecular weight excluding hydrogens is 603 g/mol. The van der Waals surface area contributed by atoms with Crippen LogP contribution in [0.5, 0.6) is 0 Å². The van der Waals surface area contributed by atoms with Crippen LogP contribution in [0, 0.1) is 6.92 Å². The van der Waals surface area contributed by atoms with Crippen molar-refractivity contribution in [1.82, 2.24) is 10.2 Å². The number of rotatable bonds is 12. The van der Waals surface area contributed by atoms with Crippen molar-refractivity contribution in [3.63, 3.8) is 0 Å². The van der Waals surface area contributed by atoms with E-state index < -0.39 is 34.1 Å².